The lowest BCUT2D eigenvalue weighted by Crippen LogP contribution is -2.37. The van der Waals surface area contributed by atoms with Crippen molar-refractivity contribution in [3.05, 3.63) is 29.3 Å². The molecule has 17 heavy (non-hydrogen) atoms. The number of rotatable bonds is 5. The summed E-state index contributed by atoms with van der Waals surface area (Å²) in [5.74, 6) is 0.0239. The van der Waals surface area contributed by atoms with Crippen molar-refractivity contribution in [3.8, 4) is 5.75 Å². The molecule has 0 spiro atoms. The van der Waals surface area contributed by atoms with E-state index in [1.165, 1.54) is 6.07 Å². The van der Waals surface area contributed by atoms with Crippen molar-refractivity contribution >= 4 is 5.91 Å². The summed E-state index contributed by atoms with van der Waals surface area (Å²) in [5.41, 5.74) is 7.15. The maximum Gasteiger partial charge on any atom is 0.251 e. The fourth-order valence-corrected chi connectivity index (χ4v) is 1.69. The number of hydrogen-bond acceptors (Lipinski definition) is 3. The molecule has 0 fully saturated rings. The number of nitrogens with one attached hydrogen (secondary N) is 1. The minimum absolute atomic E-state index is 0.00127. The summed E-state index contributed by atoms with van der Waals surface area (Å²) in [7, 11) is 0. The van der Waals surface area contributed by atoms with Crippen LogP contribution in [-0.4, -0.2) is 23.6 Å². The van der Waals surface area contributed by atoms with Crippen molar-refractivity contribution in [2.45, 2.75) is 32.7 Å². The molecule has 1 amide bonds. The second-order valence-corrected chi connectivity index (χ2v) is 4.26. The van der Waals surface area contributed by atoms with E-state index in [4.69, 9.17) is 5.73 Å². The third-order valence-corrected chi connectivity index (χ3v) is 2.64. The van der Waals surface area contributed by atoms with Crippen molar-refractivity contribution in [1.29, 1.82) is 0 Å². The Hall–Kier alpha value is -1.55. The summed E-state index contributed by atoms with van der Waals surface area (Å²) < 4.78 is 0. The van der Waals surface area contributed by atoms with Gasteiger partial charge in [-0.1, -0.05) is 13.3 Å². The molecule has 94 valence electrons. The van der Waals surface area contributed by atoms with E-state index in [0.717, 1.165) is 18.4 Å². The number of carbonyl (C=O) groups is 1. The van der Waals surface area contributed by atoms with Gasteiger partial charge in [0.25, 0.3) is 5.91 Å². The highest BCUT2D eigenvalue weighted by molar-refractivity contribution is 5.95. The van der Waals surface area contributed by atoms with Crippen LogP contribution < -0.4 is 11.1 Å². The average molecular weight is 236 g/mol. The molecule has 0 aliphatic heterocycles. The zero-order valence-electron chi connectivity index (χ0n) is 10.4. The Labute approximate surface area is 102 Å². The third kappa shape index (κ3) is 4.07. The number of amides is 1. The first kappa shape index (κ1) is 13.5. The minimum atomic E-state index is -0.144. The molecular weight excluding hydrogens is 216 g/mol. The number of benzene rings is 1. The second kappa shape index (κ2) is 6.25. The highest BCUT2D eigenvalue weighted by atomic mass is 16.3. The zero-order chi connectivity index (χ0) is 12.8. The Morgan fingerprint density at radius 1 is 1.53 bits per heavy atom. The summed E-state index contributed by atoms with van der Waals surface area (Å²) in [6.07, 6.45) is 1.91. The van der Waals surface area contributed by atoms with Gasteiger partial charge in [0.15, 0.2) is 0 Å². The van der Waals surface area contributed by atoms with Gasteiger partial charge in [-0.25, -0.2) is 0 Å². The Morgan fingerprint density at radius 3 is 2.82 bits per heavy atom. The molecule has 0 aliphatic carbocycles. The number of nitrogens with two attached hydrogens (primary N) is 1. The number of hydrogen-bond donors (Lipinski definition) is 3. The molecule has 1 unspecified atom stereocenters. The van der Waals surface area contributed by atoms with Crippen LogP contribution in [0.3, 0.4) is 0 Å². The van der Waals surface area contributed by atoms with Crippen molar-refractivity contribution in [3.63, 3.8) is 0 Å². The maximum absolute atomic E-state index is 11.8. The molecule has 1 rings (SSSR count). The van der Waals surface area contributed by atoms with Gasteiger partial charge in [-0.15, -0.1) is 0 Å². The molecule has 0 heterocycles. The Balaban J connectivity index is 2.58. The third-order valence-electron chi connectivity index (χ3n) is 2.64. The average Bonchev–Trinajstić information content (AvgIpc) is 2.26. The summed E-state index contributed by atoms with van der Waals surface area (Å²) in [5, 5.41) is 12.1. The van der Waals surface area contributed by atoms with Crippen molar-refractivity contribution in [1.82, 2.24) is 5.32 Å². The molecule has 1 aromatic carbocycles. The Kier molecular flexibility index (Phi) is 4.97. The van der Waals surface area contributed by atoms with E-state index in [9.17, 15) is 9.90 Å². The summed E-state index contributed by atoms with van der Waals surface area (Å²) in [6.45, 7) is 4.33. The van der Waals surface area contributed by atoms with Crippen LogP contribution in [0, 0.1) is 6.92 Å². The molecule has 0 radical (unpaired) electrons. The van der Waals surface area contributed by atoms with Crippen LogP contribution in [0.2, 0.25) is 0 Å². The first-order valence-corrected chi connectivity index (χ1v) is 5.88. The molecule has 4 nitrogen and oxygen atoms in total. The SMILES string of the molecule is CCCC(N)CNC(=O)c1ccc(O)cc1C. The van der Waals surface area contributed by atoms with Gasteiger partial charge in [0, 0.05) is 18.2 Å². The maximum atomic E-state index is 11.8. The van der Waals surface area contributed by atoms with E-state index < -0.39 is 0 Å². The van der Waals surface area contributed by atoms with Gasteiger partial charge in [0.05, 0.1) is 0 Å². The lowest BCUT2D eigenvalue weighted by Gasteiger charge is -2.12. The van der Waals surface area contributed by atoms with Gasteiger partial charge < -0.3 is 16.2 Å². The van der Waals surface area contributed by atoms with Gasteiger partial charge in [0.2, 0.25) is 0 Å². The minimum Gasteiger partial charge on any atom is -0.508 e. The van der Waals surface area contributed by atoms with Crippen molar-refractivity contribution in [2.24, 2.45) is 5.73 Å². The fraction of sp³-hybridized carbons (Fsp3) is 0.462. The lowest BCUT2D eigenvalue weighted by molar-refractivity contribution is 0.0950. The quantitative estimate of drug-likeness (QED) is 0.726. The largest absolute Gasteiger partial charge is 0.508 e. The monoisotopic (exact) mass is 236 g/mol. The Bertz CT molecular complexity index is 391. The molecule has 1 aromatic rings. The normalized spacial score (nSPS) is 12.2. The molecular formula is C13H20N2O2. The topological polar surface area (TPSA) is 75.3 Å². The molecule has 4 heteroatoms. The van der Waals surface area contributed by atoms with Gasteiger partial charge in [0.1, 0.15) is 5.75 Å². The zero-order valence-corrected chi connectivity index (χ0v) is 10.4. The lowest BCUT2D eigenvalue weighted by atomic mass is 10.1. The highest BCUT2D eigenvalue weighted by Gasteiger charge is 2.10. The summed E-state index contributed by atoms with van der Waals surface area (Å²) in [4.78, 5) is 11.8. The number of carbonyl (C=O) groups excluding carboxylic acids is 1. The molecule has 0 aliphatic rings. The number of aryl methyl sites for hydroxylation is 1. The Morgan fingerprint density at radius 2 is 2.24 bits per heavy atom. The molecule has 4 N–H and O–H groups in total. The van der Waals surface area contributed by atoms with E-state index in [1.54, 1.807) is 19.1 Å². The molecule has 0 bridgehead atoms. The second-order valence-electron chi connectivity index (χ2n) is 4.26. The van der Waals surface area contributed by atoms with E-state index in [1.807, 2.05) is 0 Å². The highest BCUT2D eigenvalue weighted by Crippen LogP contribution is 2.15. The van der Waals surface area contributed by atoms with Gasteiger partial charge in [-0.05, 0) is 37.1 Å². The van der Waals surface area contributed by atoms with Gasteiger partial charge in [-0.2, -0.15) is 0 Å². The predicted molar refractivity (Wildman–Crippen MR) is 68.1 cm³/mol. The summed E-state index contributed by atoms with van der Waals surface area (Å²) in [6, 6.07) is 4.70. The van der Waals surface area contributed by atoms with Crippen LogP contribution in [0.4, 0.5) is 0 Å². The van der Waals surface area contributed by atoms with Gasteiger partial charge in [-0.3, -0.25) is 4.79 Å². The number of aromatic hydroxyl groups is 1. The van der Waals surface area contributed by atoms with Crippen LogP contribution in [0.25, 0.3) is 0 Å². The number of phenols is 1. The van der Waals surface area contributed by atoms with E-state index in [2.05, 4.69) is 12.2 Å². The predicted octanol–water partition coefficient (Wildman–Crippen LogP) is 1.56. The molecule has 1 atom stereocenters. The van der Waals surface area contributed by atoms with Crippen molar-refractivity contribution < 1.29 is 9.90 Å². The van der Waals surface area contributed by atoms with Gasteiger partial charge >= 0.3 is 0 Å². The fourth-order valence-electron chi connectivity index (χ4n) is 1.69. The van der Waals surface area contributed by atoms with E-state index in [0.29, 0.717) is 12.1 Å². The first-order valence-electron chi connectivity index (χ1n) is 5.88. The smallest absolute Gasteiger partial charge is 0.251 e. The first-order chi connectivity index (χ1) is 8.04. The van der Waals surface area contributed by atoms with Crippen LogP contribution in [0.5, 0.6) is 5.75 Å². The van der Waals surface area contributed by atoms with Crippen LogP contribution >= 0.6 is 0 Å². The molecule has 0 saturated heterocycles. The molecule has 0 saturated carbocycles. The van der Waals surface area contributed by atoms with Crippen LogP contribution in [0.1, 0.15) is 35.7 Å². The number of phenolic OH excluding ortho intramolecular Hbond substituents is 1. The molecule has 0 aromatic heterocycles. The van der Waals surface area contributed by atoms with Crippen LogP contribution in [-0.2, 0) is 0 Å². The van der Waals surface area contributed by atoms with E-state index >= 15 is 0 Å². The van der Waals surface area contributed by atoms with Crippen LogP contribution in [0.15, 0.2) is 18.2 Å². The van der Waals surface area contributed by atoms with Crippen molar-refractivity contribution in [2.75, 3.05) is 6.54 Å². The standard InChI is InChI=1S/C13H20N2O2/c1-3-4-10(14)8-15-13(17)12-6-5-11(16)7-9(12)2/h5-7,10,16H,3-4,8,14H2,1-2H3,(H,15,17). The summed E-state index contributed by atoms with van der Waals surface area (Å²) >= 11 is 0. The van der Waals surface area contributed by atoms with E-state index in [-0.39, 0.29) is 17.7 Å².